The molecule has 1 saturated carbocycles. The van der Waals surface area contributed by atoms with Crippen molar-refractivity contribution in [2.24, 2.45) is 11.8 Å². The molecule has 142 valence electrons. The molecule has 0 radical (unpaired) electrons. The summed E-state index contributed by atoms with van der Waals surface area (Å²) in [5.74, 6) is -0.235. The van der Waals surface area contributed by atoms with Gasteiger partial charge in [-0.05, 0) is 55.4 Å². The molecule has 1 amide bonds. The number of hydrogen-bond acceptors (Lipinski definition) is 4. The summed E-state index contributed by atoms with van der Waals surface area (Å²) in [5.41, 5.74) is 2.04. The fourth-order valence-corrected chi connectivity index (χ4v) is 4.53. The van der Waals surface area contributed by atoms with E-state index in [4.69, 9.17) is 4.74 Å². The van der Waals surface area contributed by atoms with E-state index in [2.05, 4.69) is 5.10 Å². The van der Waals surface area contributed by atoms with Crippen LogP contribution in [0, 0.1) is 18.8 Å². The average molecular weight is 369 g/mol. The van der Waals surface area contributed by atoms with E-state index < -0.39 is 12.0 Å². The monoisotopic (exact) mass is 369 g/mol. The topological polar surface area (TPSA) is 84.7 Å². The number of amides is 1. The summed E-state index contributed by atoms with van der Waals surface area (Å²) in [5, 5.41) is 14.1. The van der Waals surface area contributed by atoms with Gasteiger partial charge in [-0.2, -0.15) is 5.10 Å². The maximum absolute atomic E-state index is 13.0. The number of hydrogen-bond donors (Lipinski definition) is 1. The number of nitrogens with zero attached hydrogens (tertiary/aromatic N) is 3. The van der Waals surface area contributed by atoms with Crippen molar-refractivity contribution in [3.63, 3.8) is 0 Å². The normalized spacial score (nSPS) is 24.1. The molecule has 7 heteroatoms. The lowest BCUT2D eigenvalue weighted by Gasteiger charge is -2.23. The Hall–Kier alpha value is -2.83. The molecular weight excluding hydrogens is 346 g/mol. The number of fused-ring (bicyclic) bond motifs is 1. The van der Waals surface area contributed by atoms with Crippen LogP contribution in [0.15, 0.2) is 30.5 Å². The molecule has 27 heavy (non-hydrogen) atoms. The van der Waals surface area contributed by atoms with Crippen molar-refractivity contribution in [3.05, 3.63) is 41.7 Å². The second kappa shape index (κ2) is 6.72. The molecule has 1 saturated heterocycles. The van der Waals surface area contributed by atoms with Crippen LogP contribution in [0.5, 0.6) is 5.75 Å². The number of aromatic nitrogens is 2. The number of methoxy groups -OCH3 is 1. The zero-order chi connectivity index (χ0) is 19.1. The highest BCUT2D eigenvalue weighted by molar-refractivity contribution is 5.95. The van der Waals surface area contributed by atoms with Gasteiger partial charge in [-0.1, -0.05) is 12.5 Å². The molecule has 2 aliphatic rings. The molecule has 1 aromatic carbocycles. The predicted molar refractivity (Wildman–Crippen MR) is 98.1 cm³/mol. The molecule has 2 aromatic rings. The first-order valence-corrected chi connectivity index (χ1v) is 9.24. The number of benzene rings is 1. The minimum Gasteiger partial charge on any atom is -0.494 e. The maximum atomic E-state index is 13.0. The lowest BCUT2D eigenvalue weighted by atomic mass is 9.94. The van der Waals surface area contributed by atoms with E-state index in [-0.39, 0.29) is 23.4 Å². The number of aliphatic carboxylic acids is 1. The standard InChI is InChI=1S/C20H23N3O4/c1-12-6-7-17(27-2)16(10-12)23-9-8-15(21-23)19(24)22-11-13-4-3-5-14(13)18(22)20(25)26/h6-10,13-14,18H,3-5,11H2,1-2H3,(H,25,26). The summed E-state index contributed by atoms with van der Waals surface area (Å²) in [6.07, 6.45) is 4.62. The Balaban J connectivity index is 1.63. The maximum Gasteiger partial charge on any atom is 0.326 e. The van der Waals surface area contributed by atoms with Gasteiger partial charge in [-0.15, -0.1) is 0 Å². The SMILES string of the molecule is COc1ccc(C)cc1-n1ccc(C(=O)N2CC3CCCC3C2C(=O)O)n1. The van der Waals surface area contributed by atoms with Crippen molar-refractivity contribution in [2.75, 3.05) is 13.7 Å². The van der Waals surface area contributed by atoms with Gasteiger partial charge < -0.3 is 14.7 Å². The molecule has 1 aliphatic carbocycles. The van der Waals surface area contributed by atoms with Crippen LogP contribution < -0.4 is 4.74 Å². The smallest absolute Gasteiger partial charge is 0.326 e. The van der Waals surface area contributed by atoms with Gasteiger partial charge in [-0.3, -0.25) is 4.79 Å². The highest BCUT2D eigenvalue weighted by Gasteiger charge is 2.49. The molecule has 7 nitrogen and oxygen atoms in total. The van der Waals surface area contributed by atoms with Crippen molar-refractivity contribution in [1.29, 1.82) is 0 Å². The van der Waals surface area contributed by atoms with Crippen molar-refractivity contribution >= 4 is 11.9 Å². The molecule has 4 rings (SSSR count). The van der Waals surface area contributed by atoms with Crippen molar-refractivity contribution in [3.8, 4) is 11.4 Å². The van der Waals surface area contributed by atoms with E-state index in [1.54, 1.807) is 24.1 Å². The molecule has 3 atom stereocenters. The fraction of sp³-hybridized carbons (Fsp3) is 0.450. The van der Waals surface area contributed by atoms with Crippen LogP contribution in [0.1, 0.15) is 35.3 Å². The Morgan fingerprint density at radius 1 is 1.26 bits per heavy atom. The molecule has 3 unspecified atom stereocenters. The number of likely N-dealkylation sites (tertiary alicyclic amines) is 1. The van der Waals surface area contributed by atoms with E-state index in [1.165, 1.54) is 4.90 Å². The number of rotatable bonds is 4. The Bertz CT molecular complexity index is 891. The third-order valence-corrected chi connectivity index (χ3v) is 5.79. The van der Waals surface area contributed by atoms with Crippen LogP contribution >= 0.6 is 0 Å². The van der Waals surface area contributed by atoms with E-state index >= 15 is 0 Å². The molecule has 2 heterocycles. The number of carboxylic acid groups (broad SMARTS) is 1. The van der Waals surface area contributed by atoms with Crippen molar-refractivity contribution in [2.45, 2.75) is 32.2 Å². The van der Waals surface area contributed by atoms with Gasteiger partial charge in [0.25, 0.3) is 5.91 Å². The number of aryl methyl sites for hydroxylation is 1. The highest BCUT2D eigenvalue weighted by atomic mass is 16.5. The van der Waals surface area contributed by atoms with Gasteiger partial charge in [0.1, 0.15) is 17.5 Å². The Kier molecular flexibility index (Phi) is 4.37. The first-order valence-electron chi connectivity index (χ1n) is 9.24. The van der Waals surface area contributed by atoms with Gasteiger partial charge in [0.05, 0.1) is 7.11 Å². The Labute approximate surface area is 157 Å². The van der Waals surface area contributed by atoms with Crippen LogP contribution in [-0.4, -0.2) is 51.4 Å². The van der Waals surface area contributed by atoms with Crippen LogP contribution in [0.3, 0.4) is 0 Å². The summed E-state index contributed by atoms with van der Waals surface area (Å²) in [6.45, 7) is 2.47. The lowest BCUT2D eigenvalue weighted by molar-refractivity contribution is -0.142. The first-order chi connectivity index (χ1) is 13.0. The number of carbonyl (C=O) groups excluding carboxylic acids is 1. The van der Waals surface area contributed by atoms with Crippen molar-refractivity contribution < 1.29 is 19.4 Å². The summed E-state index contributed by atoms with van der Waals surface area (Å²) in [6, 6.07) is 6.62. The summed E-state index contributed by atoms with van der Waals surface area (Å²) < 4.78 is 6.99. The number of carbonyl (C=O) groups is 2. The largest absolute Gasteiger partial charge is 0.494 e. The fourth-order valence-electron chi connectivity index (χ4n) is 4.53. The molecule has 1 aliphatic heterocycles. The molecule has 1 aromatic heterocycles. The van der Waals surface area contributed by atoms with E-state index in [0.29, 0.717) is 12.3 Å². The minimum absolute atomic E-state index is 0.0606. The van der Waals surface area contributed by atoms with Crippen LogP contribution in [0.25, 0.3) is 5.69 Å². The van der Waals surface area contributed by atoms with Crippen LogP contribution in [0.2, 0.25) is 0 Å². The number of ether oxygens (including phenoxy) is 1. The zero-order valence-electron chi connectivity index (χ0n) is 15.5. The Morgan fingerprint density at radius 3 is 2.81 bits per heavy atom. The summed E-state index contributed by atoms with van der Waals surface area (Å²) in [7, 11) is 1.59. The highest BCUT2D eigenvalue weighted by Crippen LogP contribution is 2.42. The van der Waals surface area contributed by atoms with Gasteiger partial charge in [0.15, 0.2) is 5.69 Å². The van der Waals surface area contributed by atoms with E-state index in [0.717, 1.165) is 30.5 Å². The lowest BCUT2D eigenvalue weighted by Crippen LogP contribution is -2.43. The zero-order valence-corrected chi connectivity index (χ0v) is 15.5. The van der Waals surface area contributed by atoms with E-state index in [1.807, 2.05) is 25.1 Å². The van der Waals surface area contributed by atoms with Gasteiger partial charge in [-0.25, -0.2) is 9.48 Å². The molecule has 0 spiro atoms. The summed E-state index contributed by atoms with van der Waals surface area (Å²) in [4.78, 5) is 26.3. The third kappa shape index (κ3) is 2.97. The van der Waals surface area contributed by atoms with Gasteiger partial charge in [0.2, 0.25) is 0 Å². The Morgan fingerprint density at radius 2 is 2.07 bits per heavy atom. The molecular formula is C20H23N3O4. The predicted octanol–water partition coefficient (Wildman–Crippen LogP) is 2.51. The number of carboxylic acids is 1. The first kappa shape index (κ1) is 17.6. The minimum atomic E-state index is -0.919. The van der Waals surface area contributed by atoms with Crippen LogP contribution in [0.4, 0.5) is 0 Å². The molecule has 0 bridgehead atoms. The summed E-state index contributed by atoms with van der Waals surface area (Å²) >= 11 is 0. The van der Waals surface area contributed by atoms with Gasteiger partial charge >= 0.3 is 5.97 Å². The molecule has 2 fully saturated rings. The van der Waals surface area contributed by atoms with Crippen molar-refractivity contribution in [1.82, 2.24) is 14.7 Å². The van der Waals surface area contributed by atoms with Crippen LogP contribution in [-0.2, 0) is 4.79 Å². The van der Waals surface area contributed by atoms with E-state index in [9.17, 15) is 14.7 Å². The van der Waals surface area contributed by atoms with Gasteiger partial charge in [0, 0.05) is 12.7 Å². The second-order valence-electron chi connectivity index (χ2n) is 7.42. The third-order valence-electron chi connectivity index (χ3n) is 5.79. The molecule has 1 N–H and O–H groups in total. The second-order valence-corrected chi connectivity index (χ2v) is 7.42. The average Bonchev–Trinajstić information content (AvgIpc) is 3.35. The quantitative estimate of drug-likeness (QED) is 0.895.